The second-order valence-corrected chi connectivity index (χ2v) is 5.01. The lowest BCUT2D eigenvalue weighted by atomic mass is 9.95. The van der Waals surface area contributed by atoms with Crippen LogP contribution in [0.3, 0.4) is 0 Å². The lowest BCUT2D eigenvalue weighted by Crippen LogP contribution is -2.30. The van der Waals surface area contributed by atoms with E-state index >= 15 is 0 Å². The van der Waals surface area contributed by atoms with E-state index in [4.69, 9.17) is 0 Å². The van der Waals surface area contributed by atoms with Crippen LogP contribution >= 0.6 is 0 Å². The molecular weight excluding hydrogens is 250 g/mol. The van der Waals surface area contributed by atoms with Gasteiger partial charge in [0.1, 0.15) is 6.33 Å². The highest BCUT2D eigenvalue weighted by Crippen LogP contribution is 2.24. The molecular formula is C16H19N3O. The number of amides is 1. The molecule has 0 saturated heterocycles. The Kier molecular flexibility index (Phi) is 4.03. The van der Waals surface area contributed by atoms with Crippen LogP contribution in [0.2, 0.25) is 0 Å². The second kappa shape index (κ2) is 5.74. The predicted octanol–water partition coefficient (Wildman–Crippen LogP) is 3.54. The van der Waals surface area contributed by atoms with Crippen molar-refractivity contribution in [2.24, 2.45) is 0 Å². The highest BCUT2D eigenvalue weighted by molar-refractivity contribution is 5.77. The van der Waals surface area contributed by atoms with E-state index in [0.29, 0.717) is 0 Å². The van der Waals surface area contributed by atoms with E-state index in [2.05, 4.69) is 22.9 Å². The van der Waals surface area contributed by atoms with Gasteiger partial charge in [-0.05, 0) is 31.9 Å². The predicted molar refractivity (Wildman–Crippen MR) is 80.5 cm³/mol. The van der Waals surface area contributed by atoms with Crippen molar-refractivity contribution < 1.29 is 4.79 Å². The standard InChI is InChI=1S/C16H19N3O/c1-11(2)15-9-12(3)5-6-14(15)13(4)18-16(20)19-8-7-17-10-19/h5-10,13H,1H2,2-4H3,(H,18,20). The first-order valence-corrected chi connectivity index (χ1v) is 6.54. The monoisotopic (exact) mass is 269 g/mol. The van der Waals surface area contributed by atoms with Crippen LogP contribution in [-0.2, 0) is 0 Å². The van der Waals surface area contributed by atoms with Gasteiger partial charge in [0, 0.05) is 12.4 Å². The highest BCUT2D eigenvalue weighted by atomic mass is 16.2. The Bertz CT molecular complexity index is 629. The zero-order valence-electron chi connectivity index (χ0n) is 12.1. The molecule has 1 N–H and O–H groups in total. The fraction of sp³-hybridized carbons (Fsp3) is 0.250. The number of aromatic nitrogens is 2. The molecule has 104 valence electrons. The SMILES string of the molecule is C=C(C)c1cc(C)ccc1C(C)NC(=O)n1ccnc1. The highest BCUT2D eigenvalue weighted by Gasteiger charge is 2.14. The van der Waals surface area contributed by atoms with Crippen molar-refractivity contribution in [1.29, 1.82) is 0 Å². The number of rotatable bonds is 3. The fourth-order valence-corrected chi connectivity index (χ4v) is 2.13. The lowest BCUT2D eigenvalue weighted by molar-refractivity contribution is 0.239. The first-order chi connectivity index (χ1) is 9.49. The van der Waals surface area contributed by atoms with Crippen LogP contribution in [0.15, 0.2) is 43.5 Å². The molecule has 1 atom stereocenters. The average Bonchev–Trinajstić information content (AvgIpc) is 2.92. The molecule has 4 nitrogen and oxygen atoms in total. The maximum absolute atomic E-state index is 12.0. The molecule has 4 heteroatoms. The van der Waals surface area contributed by atoms with Gasteiger partial charge in [-0.1, -0.05) is 35.9 Å². The molecule has 0 aliphatic heterocycles. The molecule has 0 aliphatic carbocycles. The molecule has 1 unspecified atom stereocenters. The second-order valence-electron chi connectivity index (χ2n) is 5.01. The number of aryl methyl sites for hydroxylation is 1. The van der Waals surface area contributed by atoms with E-state index in [9.17, 15) is 4.79 Å². The Hall–Kier alpha value is -2.36. The van der Waals surface area contributed by atoms with E-state index < -0.39 is 0 Å². The zero-order valence-corrected chi connectivity index (χ0v) is 12.1. The van der Waals surface area contributed by atoms with Crippen molar-refractivity contribution in [3.63, 3.8) is 0 Å². The van der Waals surface area contributed by atoms with Crippen LogP contribution in [0.5, 0.6) is 0 Å². The third kappa shape index (κ3) is 2.96. The fourth-order valence-electron chi connectivity index (χ4n) is 2.13. The van der Waals surface area contributed by atoms with Gasteiger partial charge in [-0.3, -0.25) is 4.57 Å². The summed E-state index contributed by atoms with van der Waals surface area (Å²) in [5.74, 6) is 0. The van der Waals surface area contributed by atoms with Gasteiger partial charge >= 0.3 is 6.03 Å². The van der Waals surface area contributed by atoms with Gasteiger partial charge in [0.2, 0.25) is 0 Å². The first-order valence-electron chi connectivity index (χ1n) is 6.54. The number of benzene rings is 1. The number of carbonyl (C=O) groups is 1. The summed E-state index contributed by atoms with van der Waals surface area (Å²) in [5, 5.41) is 2.96. The Morgan fingerprint density at radius 3 is 2.80 bits per heavy atom. The summed E-state index contributed by atoms with van der Waals surface area (Å²) in [6.07, 6.45) is 4.68. The molecule has 0 aliphatic rings. The minimum Gasteiger partial charge on any atom is -0.331 e. The summed E-state index contributed by atoms with van der Waals surface area (Å²) in [6, 6.07) is 5.89. The maximum atomic E-state index is 12.0. The summed E-state index contributed by atoms with van der Waals surface area (Å²) in [5.41, 5.74) is 4.33. The summed E-state index contributed by atoms with van der Waals surface area (Å²) in [4.78, 5) is 15.9. The van der Waals surface area contributed by atoms with Crippen molar-refractivity contribution in [2.45, 2.75) is 26.8 Å². The minimum atomic E-state index is -0.191. The molecule has 1 aromatic heterocycles. The molecule has 0 bridgehead atoms. The Labute approximate surface area is 119 Å². The average molecular weight is 269 g/mol. The van der Waals surface area contributed by atoms with Crippen LogP contribution in [0.1, 0.15) is 36.6 Å². The van der Waals surface area contributed by atoms with Gasteiger partial charge in [0.25, 0.3) is 0 Å². The number of carbonyl (C=O) groups excluding carboxylic acids is 1. The quantitative estimate of drug-likeness (QED) is 0.926. The number of allylic oxidation sites excluding steroid dienone is 1. The molecule has 1 heterocycles. The molecule has 0 spiro atoms. The lowest BCUT2D eigenvalue weighted by Gasteiger charge is -2.19. The van der Waals surface area contributed by atoms with Crippen LogP contribution in [0.25, 0.3) is 5.57 Å². The normalized spacial score (nSPS) is 11.9. The van der Waals surface area contributed by atoms with Crippen LogP contribution < -0.4 is 5.32 Å². The van der Waals surface area contributed by atoms with E-state index in [1.807, 2.05) is 32.9 Å². The third-order valence-corrected chi connectivity index (χ3v) is 3.21. The smallest absolute Gasteiger partial charge is 0.327 e. The molecule has 0 saturated carbocycles. The van der Waals surface area contributed by atoms with Gasteiger partial charge < -0.3 is 5.32 Å². The first kappa shape index (κ1) is 14.1. The van der Waals surface area contributed by atoms with Gasteiger partial charge in [0.05, 0.1) is 6.04 Å². The molecule has 0 fully saturated rings. The molecule has 1 aromatic carbocycles. The number of nitrogens with zero attached hydrogens (tertiary/aromatic N) is 2. The van der Waals surface area contributed by atoms with Crippen LogP contribution in [-0.4, -0.2) is 15.6 Å². The summed E-state index contributed by atoms with van der Waals surface area (Å²) in [7, 11) is 0. The number of nitrogens with one attached hydrogen (secondary N) is 1. The summed E-state index contributed by atoms with van der Waals surface area (Å²) >= 11 is 0. The molecule has 0 radical (unpaired) electrons. The maximum Gasteiger partial charge on any atom is 0.327 e. The molecule has 2 rings (SSSR count). The Morgan fingerprint density at radius 1 is 1.45 bits per heavy atom. The van der Waals surface area contributed by atoms with E-state index in [1.54, 1.807) is 12.4 Å². The summed E-state index contributed by atoms with van der Waals surface area (Å²) in [6.45, 7) is 10.00. The van der Waals surface area contributed by atoms with Crippen LogP contribution in [0.4, 0.5) is 4.79 Å². The van der Waals surface area contributed by atoms with Crippen LogP contribution in [0, 0.1) is 6.92 Å². The number of hydrogen-bond acceptors (Lipinski definition) is 2. The number of imidazole rings is 1. The minimum absolute atomic E-state index is 0.0998. The zero-order chi connectivity index (χ0) is 14.7. The van der Waals surface area contributed by atoms with E-state index in [0.717, 1.165) is 16.7 Å². The topological polar surface area (TPSA) is 46.9 Å². The van der Waals surface area contributed by atoms with Gasteiger partial charge in [0.15, 0.2) is 0 Å². The van der Waals surface area contributed by atoms with Gasteiger partial charge in [-0.15, -0.1) is 0 Å². The van der Waals surface area contributed by atoms with Crippen molar-refractivity contribution in [1.82, 2.24) is 14.9 Å². The third-order valence-electron chi connectivity index (χ3n) is 3.21. The number of hydrogen-bond donors (Lipinski definition) is 1. The van der Waals surface area contributed by atoms with E-state index in [1.165, 1.54) is 16.5 Å². The largest absolute Gasteiger partial charge is 0.331 e. The van der Waals surface area contributed by atoms with E-state index in [-0.39, 0.29) is 12.1 Å². The Balaban J connectivity index is 2.23. The van der Waals surface area contributed by atoms with Gasteiger partial charge in [-0.2, -0.15) is 0 Å². The van der Waals surface area contributed by atoms with Crippen molar-refractivity contribution in [3.05, 3.63) is 60.2 Å². The van der Waals surface area contributed by atoms with Crippen molar-refractivity contribution >= 4 is 11.6 Å². The summed E-state index contributed by atoms with van der Waals surface area (Å²) < 4.78 is 1.42. The van der Waals surface area contributed by atoms with Crippen molar-refractivity contribution in [2.75, 3.05) is 0 Å². The van der Waals surface area contributed by atoms with Crippen molar-refractivity contribution in [3.8, 4) is 0 Å². The van der Waals surface area contributed by atoms with Gasteiger partial charge in [-0.25, -0.2) is 9.78 Å². The molecule has 20 heavy (non-hydrogen) atoms. The molecule has 2 aromatic rings. The molecule has 1 amide bonds. The Morgan fingerprint density at radius 2 is 2.20 bits per heavy atom.